The van der Waals surface area contributed by atoms with Crippen LogP contribution in [0.1, 0.15) is 6.92 Å². The molecule has 0 spiro atoms. The number of hydrazine groups is 1. The second-order valence-electron chi connectivity index (χ2n) is 4.31. The van der Waals surface area contributed by atoms with E-state index in [0.29, 0.717) is 11.0 Å². The van der Waals surface area contributed by atoms with Crippen LogP contribution in [0.5, 0.6) is 0 Å². The second-order valence-corrected chi connectivity index (χ2v) is 6.96. The molecule has 0 saturated carbocycles. The number of likely N-dealkylation sites (N-methyl/N-ethyl adjacent to an activating group) is 1. The van der Waals surface area contributed by atoms with Crippen molar-refractivity contribution in [3.05, 3.63) is 16.7 Å². The third-order valence-electron chi connectivity index (χ3n) is 2.70. The van der Waals surface area contributed by atoms with E-state index in [0.717, 1.165) is 0 Å². The predicted molar refractivity (Wildman–Crippen MR) is 78.1 cm³/mol. The largest absolute Gasteiger partial charge is 0.307 e. The summed E-state index contributed by atoms with van der Waals surface area (Å²) in [5.41, 5.74) is 2.28. The lowest BCUT2D eigenvalue weighted by atomic mass is 10.3. The number of aromatic nitrogens is 1. The molecular weight excluding hydrogens is 334 g/mol. The van der Waals surface area contributed by atoms with E-state index < -0.39 is 10.0 Å². The van der Waals surface area contributed by atoms with E-state index in [1.165, 1.54) is 12.3 Å². The number of nitrogens with two attached hydrogens (primary N) is 1. The van der Waals surface area contributed by atoms with E-state index in [1.807, 2.05) is 25.9 Å². The van der Waals surface area contributed by atoms with Crippen LogP contribution in [-0.4, -0.2) is 45.0 Å². The Labute approximate surface area is 121 Å². The zero-order valence-electron chi connectivity index (χ0n) is 11.0. The standard InChI is InChI=1S/C10H18BrN5O2S/c1-7(16(2)3)5-14-19(17,18)9-4-8(11)6-13-10(9)15-12/h4,6-7,14H,5,12H2,1-3H3,(H,13,15). The van der Waals surface area contributed by atoms with Crippen LogP contribution in [-0.2, 0) is 10.0 Å². The minimum absolute atomic E-state index is 0.00957. The lowest BCUT2D eigenvalue weighted by Crippen LogP contribution is -2.38. The predicted octanol–water partition coefficient (Wildman–Crippen LogP) is 0.358. The molecule has 0 bridgehead atoms. The summed E-state index contributed by atoms with van der Waals surface area (Å²) in [5.74, 6) is 5.38. The van der Waals surface area contributed by atoms with Crippen molar-refractivity contribution in [1.29, 1.82) is 0 Å². The molecule has 1 unspecified atom stereocenters. The molecule has 108 valence electrons. The highest BCUT2D eigenvalue weighted by Crippen LogP contribution is 2.21. The SMILES string of the molecule is CC(CNS(=O)(=O)c1cc(Br)cnc1NN)N(C)C. The van der Waals surface area contributed by atoms with Gasteiger partial charge in [0.25, 0.3) is 0 Å². The highest BCUT2D eigenvalue weighted by molar-refractivity contribution is 9.10. The van der Waals surface area contributed by atoms with E-state index in [-0.39, 0.29) is 16.8 Å². The Hall–Kier alpha value is -0.740. The van der Waals surface area contributed by atoms with Crippen LogP contribution in [0, 0.1) is 0 Å². The monoisotopic (exact) mass is 351 g/mol. The molecular formula is C10H18BrN5O2S. The molecule has 1 atom stereocenters. The van der Waals surface area contributed by atoms with Crippen molar-refractivity contribution in [2.45, 2.75) is 17.9 Å². The van der Waals surface area contributed by atoms with Crippen molar-refractivity contribution in [3.63, 3.8) is 0 Å². The molecule has 19 heavy (non-hydrogen) atoms. The van der Waals surface area contributed by atoms with Crippen LogP contribution in [0.3, 0.4) is 0 Å². The number of pyridine rings is 1. The van der Waals surface area contributed by atoms with Crippen LogP contribution < -0.4 is 16.0 Å². The van der Waals surface area contributed by atoms with Gasteiger partial charge in [0.2, 0.25) is 10.0 Å². The molecule has 1 heterocycles. The molecule has 0 aromatic carbocycles. The van der Waals surface area contributed by atoms with E-state index >= 15 is 0 Å². The number of rotatable bonds is 6. The van der Waals surface area contributed by atoms with E-state index in [1.54, 1.807) is 0 Å². The van der Waals surface area contributed by atoms with Crippen molar-refractivity contribution in [2.75, 3.05) is 26.1 Å². The van der Waals surface area contributed by atoms with Crippen molar-refractivity contribution < 1.29 is 8.42 Å². The van der Waals surface area contributed by atoms with Crippen molar-refractivity contribution in [1.82, 2.24) is 14.6 Å². The summed E-state index contributed by atoms with van der Waals surface area (Å²) in [7, 11) is 0.0971. The first-order valence-electron chi connectivity index (χ1n) is 5.56. The Morgan fingerprint density at radius 1 is 1.53 bits per heavy atom. The minimum atomic E-state index is -3.67. The topological polar surface area (TPSA) is 100 Å². The summed E-state index contributed by atoms with van der Waals surface area (Å²) in [4.78, 5) is 5.84. The number of nitrogen functional groups attached to an aromatic ring is 1. The van der Waals surface area contributed by atoms with Crippen LogP contribution >= 0.6 is 15.9 Å². The molecule has 0 aliphatic heterocycles. The third kappa shape index (κ3) is 4.39. The number of nitrogens with zero attached hydrogens (tertiary/aromatic N) is 2. The molecule has 4 N–H and O–H groups in total. The first-order chi connectivity index (χ1) is 8.77. The molecule has 7 nitrogen and oxygen atoms in total. The Morgan fingerprint density at radius 2 is 2.16 bits per heavy atom. The van der Waals surface area contributed by atoms with Crippen LogP contribution in [0.4, 0.5) is 5.82 Å². The first-order valence-corrected chi connectivity index (χ1v) is 7.84. The summed E-state index contributed by atoms with van der Waals surface area (Å²) in [5, 5.41) is 0. The van der Waals surface area contributed by atoms with E-state index in [4.69, 9.17) is 5.84 Å². The van der Waals surface area contributed by atoms with Crippen LogP contribution in [0.25, 0.3) is 0 Å². The number of hydrogen-bond acceptors (Lipinski definition) is 6. The lowest BCUT2D eigenvalue weighted by molar-refractivity contribution is 0.314. The van der Waals surface area contributed by atoms with E-state index in [9.17, 15) is 8.42 Å². The smallest absolute Gasteiger partial charge is 0.244 e. The Bertz CT molecular complexity index is 535. The van der Waals surface area contributed by atoms with Gasteiger partial charge < -0.3 is 10.3 Å². The van der Waals surface area contributed by atoms with Crippen molar-refractivity contribution in [2.24, 2.45) is 5.84 Å². The number of halogens is 1. The van der Waals surface area contributed by atoms with Gasteiger partial charge in [-0.2, -0.15) is 0 Å². The number of nitrogens with one attached hydrogen (secondary N) is 2. The summed E-state index contributed by atoms with van der Waals surface area (Å²) >= 11 is 3.19. The molecule has 0 fully saturated rings. The molecule has 1 aromatic heterocycles. The summed E-state index contributed by atoms with van der Waals surface area (Å²) < 4.78 is 27.5. The van der Waals surface area contributed by atoms with Gasteiger partial charge in [-0.1, -0.05) is 0 Å². The van der Waals surface area contributed by atoms with Gasteiger partial charge in [-0.05, 0) is 43.0 Å². The van der Waals surface area contributed by atoms with Gasteiger partial charge in [-0.25, -0.2) is 24.0 Å². The van der Waals surface area contributed by atoms with Gasteiger partial charge in [0.05, 0.1) is 0 Å². The van der Waals surface area contributed by atoms with E-state index in [2.05, 4.69) is 31.1 Å². The van der Waals surface area contributed by atoms with Crippen LogP contribution in [0.15, 0.2) is 21.6 Å². The van der Waals surface area contributed by atoms with Gasteiger partial charge in [-0.3, -0.25) is 0 Å². The molecule has 0 aliphatic rings. The summed E-state index contributed by atoms with van der Waals surface area (Å²) in [6.45, 7) is 2.22. The highest BCUT2D eigenvalue weighted by atomic mass is 79.9. The summed E-state index contributed by atoms with van der Waals surface area (Å²) in [6, 6.07) is 1.52. The number of hydrogen-bond donors (Lipinski definition) is 3. The quantitative estimate of drug-likeness (QED) is 0.505. The molecule has 1 rings (SSSR count). The maximum atomic E-state index is 12.2. The van der Waals surface area contributed by atoms with Gasteiger partial charge in [-0.15, -0.1) is 0 Å². The fourth-order valence-electron chi connectivity index (χ4n) is 1.22. The number of sulfonamides is 1. The van der Waals surface area contributed by atoms with Crippen molar-refractivity contribution >= 4 is 31.8 Å². The molecule has 0 aliphatic carbocycles. The normalized spacial score (nSPS) is 13.6. The van der Waals surface area contributed by atoms with Gasteiger partial charge in [0.15, 0.2) is 5.82 Å². The lowest BCUT2D eigenvalue weighted by Gasteiger charge is -2.20. The Kier molecular flexibility index (Phi) is 5.68. The molecule has 9 heteroatoms. The average molecular weight is 352 g/mol. The average Bonchev–Trinajstić information content (AvgIpc) is 2.35. The molecule has 0 radical (unpaired) electrons. The zero-order valence-corrected chi connectivity index (χ0v) is 13.4. The minimum Gasteiger partial charge on any atom is -0.307 e. The van der Waals surface area contributed by atoms with Gasteiger partial charge in [0.1, 0.15) is 4.90 Å². The molecule has 0 saturated heterocycles. The number of anilines is 1. The summed E-state index contributed by atoms with van der Waals surface area (Å²) in [6.07, 6.45) is 1.47. The third-order valence-corrected chi connectivity index (χ3v) is 4.57. The second kappa shape index (κ2) is 6.62. The molecule has 0 amide bonds. The fraction of sp³-hybridized carbons (Fsp3) is 0.500. The van der Waals surface area contributed by atoms with Gasteiger partial charge >= 0.3 is 0 Å². The maximum absolute atomic E-state index is 12.2. The zero-order chi connectivity index (χ0) is 14.6. The maximum Gasteiger partial charge on any atom is 0.244 e. The Balaban J connectivity index is 2.97. The Morgan fingerprint density at radius 3 is 2.68 bits per heavy atom. The fourth-order valence-corrected chi connectivity index (χ4v) is 2.97. The first kappa shape index (κ1) is 16.3. The highest BCUT2D eigenvalue weighted by Gasteiger charge is 2.21. The molecule has 1 aromatic rings. The van der Waals surface area contributed by atoms with Gasteiger partial charge in [0, 0.05) is 23.3 Å². The van der Waals surface area contributed by atoms with Crippen LogP contribution in [0.2, 0.25) is 0 Å². The van der Waals surface area contributed by atoms with Crippen molar-refractivity contribution in [3.8, 4) is 0 Å².